The monoisotopic (exact) mass is 360 g/mol. The number of sulfone groups is 1. The summed E-state index contributed by atoms with van der Waals surface area (Å²) in [7, 11) is -3.35. The first-order valence-electron chi connectivity index (χ1n) is 8.12. The molecule has 0 fully saturated rings. The molecule has 0 aliphatic carbocycles. The highest BCUT2D eigenvalue weighted by Crippen LogP contribution is 2.27. The highest BCUT2D eigenvalue weighted by atomic mass is 32.2. The van der Waals surface area contributed by atoms with E-state index in [2.05, 4.69) is 0 Å². The predicted molar refractivity (Wildman–Crippen MR) is 101 cm³/mol. The summed E-state index contributed by atoms with van der Waals surface area (Å²) >= 11 is 0. The van der Waals surface area contributed by atoms with Gasteiger partial charge in [0.1, 0.15) is 11.5 Å². The molecule has 0 aromatic heterocycles. The summed E-state index contributed by atoms with van der Waals surface area (Å²) in [6, 6.07) is 13.7. The van der Waals surface area contributed by atoms with Gasteiger partial charge in [-0.1, -0.05) is 25.1 Å². The highest BCUT2D eigenvalue weighted by molar-refractivity contribution is 7.92. The van der Waals surface area contributed by atoms with Crippen LogP contribution >= 0.6 is 0 Å². The average Bonchev–Trinajstić information content (AvgIpc) is 2.60. The molecule has 0 bridgehead atoms. The minimum atomic E-state index is -3.35. The summed E-state index contributed by atoms with van der Waals surface area (Å²) in [6.45, 7) is 5.24. The van der Waals surface area contributed by atoms with Gasteiger partial charge in [-0.3, -0.25) is 0 Å². The summed E-state index contributed by atoms with van der Waals surface area (Å²) in [5.41, 5.74) is 13.8. The van der Waals surface area contributed by atoms with Crippen molar-refractivity contribution in [2.45, 2.75) is 37.3 Å². The smallest absolute Gasteiger partial charge is 0.180 e. The van der Waals surface area contributed by atoms with Gasteiger partial charge >= 0.3 is 0 Å². The molecule has 2 aromatic carbocycles. The quantitative estimate of drug-likeness (QED) is 0.820. The summed E-state index contributed by atoms with van der Waals surface area (Å²) in [5.74, 6) is 1.01. The molecule has 0 aliphatic heterocycles. The van der Waals surface area contributed by atoms with Crippen molar-refractivity contribution in [3.63, 3.8) is 0 Å². The van der Waals surface area contributed by atoms with Crippen molar-refractivity contribution in [1.29, 1.82) is 0 Å². The molecule has 134 valence electrons. The molecule has 0 amide bonds. The third-order valence-electron chi connectivity index (χ3n) is 3.86. The minimum absolute atomic E-state index is 0.241. The van der Waals surface area contributed by atoms with Crippen LogP contribution < -0.4 is 16.2 Å². The normalized spacial score (nSPS) is 12.8. The molecule has 0 radical (unpaired) electrons. The molecule has 25 heavy (non-hydrogen) atoms. The Labute approximate surface area is 149 Å². The van der Waals surface area contributed by atoms with E-state index in [0.29, 0.717) is 29.3 Å². The Hall–Kier alpha value is -2.47. The van der Waals surface area contributed by atoms with Gasteiger partial charge in [0.2, 0.25) is 0 Å². The fourth-order valence-corrected chi connectivity index (χ4v) is 3.32. The Morgan fingerprint density at radius 2 is 1.64 bits per heavy atom. The first-order valence-corrected chi connectivity index (χ1v) is 9.66. The van der Waals surface area contributed by atoms with Crippen molar-refractivity contribution in [2.75, 3.05) is 0 Å². The Morgan fingerprint density at radius 3 is 2.24 bits per heavy atom. The SMILES string of the molecule is CC/C(N)=C(/N)c1cccc(Oc2cccc(S(=O)(=O)C(C)C)c2)c1. The lowest BCUT2D eigenvalue weighted by Crippen LogP contribution is -2.13. The second-order valence-corrected chi connectivity index (χ2v) is 8.50. The predicted octanol–water partition coefficient (Wildman–Crippen LogP) is 3.66. The molecule has 2 rings (SSSR count). The van der Waals surface area contributed by atoms with E-state index in [4.69, 9.17) is 16.2 Å². The van der Waals surface area contributed by atoms with Gasteiger partial charge < -0.3 is 16.2 Å². The number of benzene rings is 2. The van der Waals surface area contributed by atoms with Crippen LogP contribution in [0.1, 0.15) is 32.8 Å². The van der Waals surface area contributed by atoms with Crippen LogP contribution in [0.5, 0.6) is 11.5 Å². The van der Waals surface area contributed by atoms with Crippen molar-refractivity contribution in [3.05, 3.63) is 59.8 Å². The molecule has 5 nitrogen and oxygen atoms in total. The molecule has 0 atom stereocenters. The van der Waals surface area contributed by atoms with E-state index in [9.17, 15) is 8.42 Å². The van der Waals surface area contributed by atoms with Gasteiger partial charge in [-0.25, -0.2) is 8.42 Å². The molecule has 4 N–H and O–H groups in total. The van der Waals surface area contributed by atoms with Crippen LogP contribution in [0, 0.1) is 0 Å². The molecule has 0 aliphatic rings. The van der Waals surface area contributed by atoms with Gasteiger partial charge in [-0.15, -0.1) is 0 Å². The zero-order chi connectivity index (χ0) is 18.6. The number of nitrogens with two attached hydrogens (primary N) is 2. The summed E-state index contributed by atoms with van der Waals surface area (Å²) in [6.07, 6.45) is 0.659. The minimum Gasteiger partial charge on any atom is -0.457 e. The lowest BCUT2D eigenvalue weighted by Gasteiger charge is -2.12. The maximum Gasteiger partial charge on any atom is 0.180 e. The molecule has 6 heteroatoms. The Morgan fingerprint density at radius 1 is 1.04 bits per heavy atom. The Balaban J connectivity index is 2.33. The topological polar surface area (TPSA) is 95.4 Å². The molecular weight excluding hydrogens is 336 g/mol. The fourth-order valence-electron chi connectivity index (χ4n) is 2.23. The summed E-state index contributed by atoms with van der Waals surface area (Å²) in [4.78, 5) is 0.241. The van der Waals surface area contributed by atoms with Gasteiger partial charge in [0, 0.05) is 11.3 Å². The zero-order valence-corrected chi connectivity index (χ0v) is 15.5. The van der Waals surface area contributed by atoms with E-state index in [1.165, 1.54) is 6.07 Å². The molecular formula is C19H24N2O3S. The Bertz CT molecular complexity index is 887. The van der Waals surface area contributed by atoms with Gasteiger partial charge in [0.25, 0.3) is 0 Å². The lowest BCUT2D eigenvalue weighted by molar-refractivity contribution is 0.480. The zero-order valence-electron chi connectivity index (χ0n) is 14.7. The van der Waals surface area contributed by atoms with Crippen LogP contribution in [0.2, 0.25) is 0 Å². The van der Waals surface area contributed by atoms with E-state index in [1.807, 2.05) is 19.1 Å². The first kappa shape index (κ1) is 18.9. The van der Waals surface area contributed by atoms with E-state index in [-0.39, 0.29) is 4.90 Å². The van der Waals surface area contributed by atoms with Crippen molar-refractivity contribution in [2.24, 2.45) is 11.5 Å². The van der Waals surface area contributed by atoms with Crippen LogP contribution in [0.4, 0.5) is 0 Å². The van der Waals surface area contributed by atoms with E-state index in [1.54, 1.807) is 44.2 Å². The highest BCUT2D eigenvalue weighted by Gasteiger charge is 2.19. The molecule has 2 aromatic rings. The van der Waals surface area contributed by atoms with E-state index in [0.717, 1.165) is 5.56 Å². The summed E-state index contributed by atoms with van der Waals surface area (Å²) in [5, 5.41) is -0.493. The molecule has 0 saturated heterocycles. The van der Waals surface area contributed by atoms with Gasteiger partial charge in [-0.05, 0) is 50.6 Å². The molecule has 0 heterocycles. The van der Waals surface area contributed by atoms with Crippen molar-refractivity contribution < 1.29 is 13.2 Å². The Kier molecular flexibility index (Phi) is 5.74. The van der Waals surface area contributed by atoms with Crippen LogP contribution in [-0.4, -0.2) is 13.7 Å². The third kappa shape index (κ3) is 4.33. The van der Waals surface area contributed by atoms with Crippen LogP contribution in [0.15, 0.2) is 59.1 Å². The lowest BCUT2D eigenvalue weighted by atomic mass is 10.1. The van der Waals surface area contributed by atoms with Crippen molar-refractivity contribution >= 4 is 15.5 Å². The van der Waals surface area contributed by atoms with Crippen LogP contribution in [-0.2, 0) is 9.84 Å². The second kappa shape index (κ2) is 7.61. The first-order chi connectivity index (χ1) is 11.8. The van der Waals surface area contributed by atoms with Crippen molar-refractivity contribution in [1.82, 2.24) is 0 Å². The van der Waals surface area contributed by atoms with Crippen molar-refractivity contribution in [3.8, 4) is 11.5 Å². The molecule has 0 spiro atoms. The third-order valence-corrected chi connectivity index (χ3v) is 6.01. The summed E-state index contributed by atoms with van der Waals surface area (Å²) < 4.78 is 30.4. The van der Waals surface area contributed by atoms with Gasteiger partial charge in [0.05, 0.1) is 15.8 Å². The van der Waals surface area contributed by atoms with Gasteiger partial charge in [-0.2, -0.15) is 0 Å². The van der Waals surface area contributed by atoms with Crippen LogP contribution in [0.25, 0.3) is 5.70 Å². The largest absolute Gasteiger partial charge is 0.457 e. The molecule has 0 unspecified atom stereocenters. The number of hydrogen-bond acceptors (Lipinski definition) is 5. The fraction of sp³-hybridized carbons (Fsp3) is 0.263. The molecule has 0 saturated carbocycles. The maximum atomic E-state index is 12.3. The number of hydrogen-bond donors (Lipinski definition) is 2. The van der Waals surface area contributed by atoms with E-state index < -0.39 is 15.1 Å². The van der Waals surface area contributed by atoms with Gasteiger partial charge in [0.15, 0.2) is 9.84 Å². The number of ether oxygens (including phenoxy) is 1. The second-order valence-electron chi connectivity index (χ2n) is 5.99. The van der Waals surface area contributed by atoms with Crippen LogP contribution in [0.3, 0.4) is 0 Å². The maximum absolute atomic E-state index is 12.3. The number of allylic oxidation sites excluding steroid dienone is 1. The average molecular weight is 360 g/mol. The number of rotatable bonds is 6. The standard InChI is InChI=1S/C19H24N2O3S/c1-4-18(20)19(21)14-7-5-8-15(11-14)24-16-9-6-10-17(12-16)25(22,23)13(2)3/h5-13H,4,20-21H2,1-3H3/b19-18-. The van der Waals surface area contributed by atoms with E-state index >= 15 is 0 Å².